The van der Waals surface area contributed by atoms with E-state index in [2.05, 4.69) is 36.4 Å². The van der Waals surface area contributed by atoms with E-state index in [0.29, 0.717) is 37.1 Å². The Morgan fingerprint density at radius 2 is 0.667 bits per heavy atom. The number of carbonyl (C=O) groups excluding carboxylic acids is 3. The number of hydrogen-bond donors (Lipinski definition) is 3. The van der Waals surface area contributed by atoms with Gasteiger partial charge in [-0.25, -0.2) is 14.4 Å². The Morgan fingerprint density at radius 3 is 0.930 bits per heavy atom. The SMILES string of the molecule is CN1C(=O)N2CCCCc3ccccc3[C@]1(C)C2=N.CN1C(=O)N2CCCCc3ccccc3[C@]1(C)C2=N.CN1C(=O)N2CCCCc3ccccc3[C@]1(C)C2=N. The normalized spacial score (nSPS) is 26.8. The molecule has 6 heterocycles. The molecule has 9 rings (SSSR count). The van der Waals surface area contributed by atoms with Crippen molar-refractivity contribution in [1.82, 2.24) is 29.4 Å². The van der Waals surface area contributed by atoms with Crippen LogP contribution in [-0.2, 0) is 35.9 Å². The zero-order valence-corrected chi connectivity index (χ0v) is 34.3. The second kappa shape index (κ2) is 15.1. The number of benzene rings is 3. The highest BCUT2D eigenvalue weighted by Gasteiger charge is 2.53. The van der Waals surface area contributed by atoms with Gasteiger partial charge in [0.2, 0.25) is 0 Å². The number of nitrogens with one attached hydrogen (secondary N) is 3. The van der Waals surface area contributed by atoms with E-state index >= 15 is 0 Å². The third-order valence-corrected chi connectivity index (χ3v) is 13.6. The summed E-state index contributed by atoms with van der Waals surface area (Å²) >= 11 is 0. The molecule has 3 atom stereocenters. The molecule has 12 nitrogen and oxygen atoms in total. The summed E-state index contributed by atoms with van der Waals surface area (Å²) in [5, 5.41) is 25.3. The monoisotopic (exact) mass is 771 g/mol. The summed E-state index contributed by atoms with van der Waals surface area (Å²) < 4.78 is 0. The van der Waals surface area contributed by atoms with Crippen LogP contribution in [0.25, 0.3) is 0 Å². The van der Waals surface area contributed by atoms with Gasteiger partial charge in [0, 0.05) is 40.8 Å². The van der Waals surface area contributed by atoms with E-state index in [9.17, 15) is 14.4 Å². The van der Waals surface area contributed by atoms with Crippen molar-refractivity contribution in [2.45, 2.75) is 95.2 Å². The molecule has 57 heavy (non-hydrogen) atoms. The third kappa shape index (κ3) is 6.19. The summed E-state index contributed by atoms with van der Waals surface area (Å²) in [6.07, 6.45) is 9.11. The van der Waals surface area contributed by atoms with Crippen molar-refractivity contribution in [1.29, 1.82) is 16.2 Å². The van der Waals surface area contributed by atoms with E-state index in [0.717, 1.165) is 74.5 Å². The number of hydrogen-bond acceptors (Lipinski definition) is 6. The van der Waals surface area contributed by atoms with Crippen LogP contribution in [0.4, 0.5) is 14.4 Å². The van der Waals surface area contributed by atoms with Crippen molar-refractivity contribution >= 4 is 35.6 Å². The molecule has 0 aliphatic carbocycles. The first-order valence-corrected chi connectivity index (χ1v) is 20.4. The highest BCUT2D eigenvalue weighted by Crippen LogP contribution is 2.42. The zero-order valence-electron chi connectivity index (χ0n) is 34.3. The highest BCUT2D eigenvalue weighted by atomic mass is 16.2. The molecule has 0 saturated carbocycles. The summed E-state index contributed by atoms with van der Waals surface area (Å²) in [7, 11) is 5.40. The van der Waals surface area contributed by atoms with Gasteiger partial charge in [-0.2, -0.15) is 0 Å². The Hall–Kier alpha value is -5.52. The minimum absolute atomic E-state index is 0.0517. The summed E-state index contributed by atoms with van der Waals surface area (Å²) in [6.45, 7) is 7.93. The molecule has 300 valence electrons. The molecule has 0 spiro atoms. The minimum atomic E-state index is -0.627. The lowest BCUT2D eigenvalue weighted by molar-refractivity contribution is 0.181. The van der Waals surface area contributed by atoms with Gasteiger partial charge in [-0.3, -0.25) is 30.9 Å². The molecule has 0 radical (unpaired) electrons. The maximum Gasteiger partial charge on any atom is 0.326 e. The van der Waals surface area contributed by atoms with Crippen LogP contribution in [0, 0.1) is 16.2 Å². The fraction of sp³-hybridized carbons (Fsp3) is 0.467. The first kappa shape index (κ1) is 39.7. The quantitative estimate of drug-likeness (QED) is 0.215. The van der Waals surface area contributed by atoms with Gasteiger partial charge in [-0.15, -0.1) is 0 Å². The lowest BCUT2D eigenvalue weighted by Gasteiger charge is -2.32. The lowest BCUT2D eigenvalue weighted by Crippen LogP contribution is -2.42. The maximum absolute atomic E-state index is 12.3. The molecule has 6 amide bonds. The standard InChI is InChI=1S/3C15H19N3O/c3*1-15-12-9-4-3-7-11(12)8-5-6-10-18(13(15)16)14(19)17(15)2/h3*3-4,7,9,16H,5-6,8,10H2,1-2H3/t3*15-/m111/s1. The minimum Gasteiger partial charge on any atom is -0.311 e. The van der Waals surface area contributed by atoms with Crippen LogP contribution in [0.1, 0.15) is 92.7 Å². The van der Waals surface area contributed by atoms with E-state index in [1.165, 1.54) is 16.7 Å². The summed E-state index contributed by atoms with van der Waals surface area (Å²) in [6, 6.07) is 24.5. The van der Waals surface area contributed by atoms with Crippen molar-refractivity contribution in [2.24, 2.45) is 0 Å². The predicted octanol–water partition coefficient (Wildman–Crippen LogP) is 7.75. The van der Waals surface area contributed by atoms with E-state index < -0.39 is 16.6 Å². The largest absolute Gasteiger partial charge is 0.326 e. The van der Waals surface area contributed by atoms with Gasteiger partial charge in [-0.05, 0) is 112 Å². The van der Waals surface area contributed by atoms with Crippen LogP contribution in [0.2, 0.25) is 0 Å². The molecule has 6 bridgehead atoms. The Kier molecular flexibility index (Phi) is 10.5. The fourth-order valence-corrected chi connectivity index (χ4v) is 9.61. The van der Waals surface area contributed by atoms with Crippen molar-refractivity contribution in [2.75, 3.05) is 40.8 Å². The molecule has 3 N–H and O–H groups in total. The predicted molar refractivity (Wildman–Crippen MR) is 223 cm³/mol. The van der Waals surface area contributed by atoms with Gasteiger partial charge in [0.05, 0.1) is 0 Å². The molecule has 3 aromatic carbocycles. The van der Waals surface area contributed by atoms with Crippen LogP contribution in [0.15, 0.2) is 72.8 Å². The Balaban J connectivity index is 0.000000131. The van der Waals surface area contributed by atoms with Gasteiger partial charge in [0.1, 0.15) is 34.1 Å². The third-order valence-electron chi connectivity index (χ3n) is 13.6. The molecular weight excluding hydrogens is 715 g/mol. The molecule has 0 aromatic heterocycles. The van der Waals surface area contributed by atoms with E-state index in [1.807, 2.05) is 57.2 Å². The lowest BCUT2D eigenvalue weighted by atomic mass is 9.85. The summed E-state index contributed by atoms with van der Waals surface area (Å²) in [4.78, 5) is 47.0. The Labute approximate surface area is 336 Å². The van der Waals surface area contributed by atoms with Crippen molar-refractivity contribution in [3.63, 3.8) is 0 Å². The van der Waals surface area contributed by atoms with Gasteiger partial charge in [0.25, 0.3) is 0 Å². The highest BCUT2D eigenvalue weighted by molar-refractivity contribution is 6.10. The summed E-state index contributed by atoms with van der Waals surface area (Å²) in [5.41, 5.74) is 5.20. The van der Waals surface area contributed by atoms with Crippen LogP contribution in [-0.4, -0.2) is 106 Å². The van der Waals surface area contributed by atoms with Gasteiger partial charge < -0.3 is 14.7 Å². The van der Waals surface area contributed by atoms with Crippen molar-refractivity contribution in [3.05, 3.63) is 106 Å². The van der Waals surface area contributed by atoms with Crippen molar-refractivity contribution < 1.29 is 14.4 Å². The van der Waals surface area contributed by atoms with Crippen LogP contribution < -0.4 is 0 Å². The van der Waals surface area contributed by atoms with E-state index in [-0.39, 0.29) is 18.1 Å². The zero-order chi connectivity index (χ0) is 40.9. The fourth-order valence-electron chi connectivity index (χ4n) is 9.61. The summed E-state index contributed by atoms with van der Waals surface area (Å²) in [5.74, 6) is 1.23. The molecule has 3 fully saturated rings. The molecule has 0 unspecified atom stereocenters. The van der Waals surface area contributed by atoms with Gasteiger partial charge >= 0.3 is 18.1 Å². The number of likely N-dealkylation sites (N-methyl/N-ethyl adjacent to an activating group) is 3. The van der Waals surface area contributed by atoms with Gasteiger partial charge in [-0.1, -0.05) is 72.8 Å². The number of fused-ring (bicyclic) bond motifs is 12. The van der Waals surface area contributed by atoms with Gasteiger partial charge in [0.15, 0.2) is 0 Å². The second-order valence-corrected chi connectivity index (χ2v) is 16.6. The molecular formula is C45H57N9O3. The molecule has 3 saturated heterocycles. The number of nitrogens with zero attached hydrogens (tertiary/aromatic N) is 6. The average Bonchev–Trinajstić information content (AvgIpc) is 3.63. The van der Waals surface area contributed by atoms with Crippen LogP contribution >= 0.6 is 0 Å². The second-order valence-electron chi connectivity index (χ2n) is 16.6. The van der Waals surface area contributed by atoms with E-state index in [1.54, 1.807) is 50.5 Å². The van der Waals surface area contributed by atoms with Crippen LogP contribution in [0.3, 0.4) is 0 Å². The molecule has 3 aromatic rings. The first-order chi connectivity index (χ1) is 27.2. The first-order valence-electron chi connectivity index (χ1n) is 20.4. The number of aryl methyl sites for hydroxylation is 3. The van der Waals surface area contributed by atoms with Crippen LogP contribution in [0.5, 0.6) is 0 Å². The molecule has 6 aliphatic rings. The maximum atomic E-state index is 12.3. The smallest absolute Gasteiger partial charge is 0.311 e. The molecule has 6 aliphatic heterocycles. The topological polar surface area (TPSA) is 142 Å². The van der Waals surface area contributed by atoms with E-state index in [4.69, 9.17) is 16.2 Å². The number of amides is 6. The number of rotatable bonds is 0. The Morgan fingerprint density at radius 1 is 0.421 bits per heavy atom. The number of carbonyl (C=O) groups is 3. The van der Waals surface area contributed by atoms with Crippen molar-refractivity contribution in [3.8, 4) is 0 Å². The Bertz CT molecular complexity index is 1900. The molecule has 12 heteroatoms. The average molecular weight is 772 g/mol. The number of amidine groups is 3. The number of urea groups is 3.